The zero-order valence-corrected chi connectivity index (χ0v) is 8.99. The van der Waals surface area contributed by atoms with E-state index in [-0.39, 0.29) is 0 Å². The lowest BCUT2D eigenvalue weighted by molar-refractivity contribution is 0.368. The Balaban J connectivity index is 3.68. The summed E-state index contributed by atoms with van der Waals surface area (Å²) in [7, 11) is 0. The topological polar surface area (TPSA) is 0 Å². The molecule has 0 saturated carbocycles. The first-order chi connectivity index (χ1) is 5.11. The van der Waals surface area contributed by atoms with Gasteiger partial charge in [0.15, 0.2) is 0 Å². The molecule has 3 atom stereocenters. The zero-order chi connectivity index (χ0) is 8.85. The predicted octanol–water partition coefficient (Wildman–Crippen LogP) is 4.08. The molecule has 68 valence electrons. The fourth-order valence-corrected chi connectivity index (χ4v) is 1.64. The fraction of sp³-hybridized carbons (Fsp3) is 1.00. The second kappa shape index (κ2) is 5.88. The second-order valence-corrected chi connectivity index (χ2v) is 4.28. The molecule has 0 aromatic carbocycles. The van der Waals surface area contributed by atoms with E-state index < -0.39 is 0 Å². The van der Waals surface area contributed by atoms with Crippen LogP contribution in [0.5, 0.6) is 0 Å². The first-order valence-corrected chi connectivity index (χ1v) is 5.19. The van der Waals surface area contributed by atoms with E-state index in [0.717, 1.165) is 5.92 Å². The van der Waals surface area contributed by atoms with Gasteiger partial charge in [-0.1, -0.05) is 33.6 Å². The van der Waals surface area contributed by atoms with E-state index in [1.165, 1.54) is 19.3 Å². The largest absolute Gasteiger partial charge is 0.123 e. The molecule has 0 aromatic heterocycles. The summed E-state index contributed by atoms with van der Waals surface area (Å²) in [5.41, 5.74) is 0. The van der Waals surface area contributed by atoms with Crippen LogP contribution in [-0.4, -0.2) is 5.38 Å². The Morgan fingerprint density at radius 1 is 1.09 bits per heavy atom. The van der Waals surface area contributed by atoms with Crippen LogP contribution in [0.15, 0.2) is 0 Å². The standard InChI is InChI=1S/C10H21Cl/c1-5-8(3)7-10(6-2)9(4)11/h8-10H,5-7H2,1-4H3. The van der Waals surface area contributed by atoms with Crippen molar-refractivity contribution in [1.29, 1.82) is 0 Å². The third-order valence-electron chi connectivity index (χ3n) is 2.58. The number of hydrogen-bond donors (Lipinski definition) is 0. The number of hydrogen-bond acceptors (Lipinski definition) is 0. The molecule has 0 aliphatic carbocycles. The summed E-state index contributed by atoms with van der Waals surface area (Å²) in [6, 6.07) is 0. The molecular weight excluding hydrogens is 156 g/mol. The number of rotatable bonds is 5. The highest BCUT2D eigenvalue weighted by molar-refractivity contribution is 6.20. The van der Waals surface area contributed by atoms with Crippen molar-refractivity contribution in [3.8, 4) is 0 Å². The molecule has 11 heavy (non-hydrogen) atoms. The molecule has 0 N–H and O–H groups in total. The van der Waals surface area contributed by atoms with Gasteiger partial charge in [0.2, 0.25) is 0 Å². The van der Waals surface area contributed by atoms with Crippen molar-refractivity contribution < 1.29 is 0 Å². The maximum atomic E-state index is 6.04. The molecule has 0 aliphatic rings. The summed E-state index contributed by atoms with van der Waals surface area (Å²) >= 11 is 6.04. The van der Waals surface area contributed by atoms with Crippen LogP contribution in [0.4, 0.5) is 0 Å². The van der Waals surface area contributed by atoms with E-state index in [1.54, 1.807) is 0 Å². The van der Waals surface area contributed by atoms with Crippen molar-refractivity contribution in [2.45, 2.75) is 52.3 Å². The Morgan fingerprint density at radius 3 is 1.91 bits per heavy atom. The molecule has 0 nitrogen and oxygen atoms in total. The average molecular weight is 177 g/mol. The molecule has 0 spiro atoms. The molecule has 0 amide bonds. The summed E-state index contributed by atoms with van der Waals surface area (Å²) in [6.45, 7) is 8.89. The molecule has 0 saturated heterocycles. The molecular formula is C10H21Cl. The van der Waals surface area contributed by atoms with E-state index in [2.05, 4.69) is 27.7 Å². The second-order valence-electron chi connectivity index (χ2n) is 3.59. The van der Waals surface area contributed by atoms with Gasteiger partial charge in [-0.2, -0.15) is 0 Å². The van der Waals surface area contributed by atoms with Gasteiger partial charge in [-0.3, -0.25) is 0 Å². The highest BCUT2D eigenvalue weighted by Gasteiger charge is 2.14. The van der Waals surface area contributed by atoms with Crippen molar-refractivity contribution in [3.05, 3.63) is 0 Å². The normalized spacial score (nSPS) is 19.4. The summed E-state index contributed by atoms with van der Waals surface area (Å²) < 4.78 is 0. The average Bonchev–Trinajstić information content (AvgIpc) is 1.99. The minimum atomic E-state index is 0.342. The third kappa shape index (κ3) is 4.68. The molecule has 0 rings (SSSR count). The monoisotopic (exact) mass is 176 g/mol. The minimum Gasteiger partial charge on any atom is -0.123 e. The van der Waals surface area contributed by atoms with Crippen LogP contribution in [0.3, 0.4) is 0 Å². The zero-order valence-electron chi connectivity index (χ0n) is 8.23. The Bertz CT molecular complexity index is 88.9. The smallest absolute Gasteiger partial charge is 0.0336 e. The van der Waals surface area contributed by atoms with Crippen molar-refractivity contribution in [1.82, 2.24) is 0 Å². The first-order valence-electron chi connectivity index (χ1n) is 4.75. The van der Waals surface area contributed by atoms with Crippen LogP contribution in [0.1, 0.15) is 47.0 Å². The van der Waals surface area contributed by atoms with Gasteiger partial charge >= 0.3 is 0 Å². The number of alkyl halides is 1. The van der Waals surface area contributed by atoms with E-state index in [9.17, 15) is 0 Å². The Hall–Kier alpha value is 0.290. The van der Waals surface area contributed by atoms with E-state index in [1.807, 2.05) is 0 Å². The van der Waals surface area contributed by atoms with Crippen LogP contribution in [0, 0.1) is 11.8 Å². The third-order valence-corrected chi connectivity index (χ3v) is 2.93. The molecule has 0 bridgehead atoms. The number of halogens is 1. The summed E-state index contributed by atoms with van der Waals surface area (Å²) in [5, 5.41) is 0.342. The molecule has 0 aromatic rings. The predicted molar refractivity (Wildman–Crippen MR) is 53.2 cm³/mol. The molecule has 0 radical (unpaired) electrons. The van der Waals surface area contributed by atoms with Crippen LogP contribution >= 0.6 is 11.6 Å². The van der Waals surface area contributed by atoms with Crippen molar-refractivity contribution >= 4 is 11.6 Å². The lowest BCUT2D eigenvalue weighted by Crippen LogP contribution is -2.13. The van der Waals surface area contributed by atoms with E-state index in [4.69, 9.17) is 11.6 Å². The van der Waals surface area contributed by atoms with Crippen molar-refractivity contribution in [2.75, 3.05) is 0 Å². The van der Waals surface area contributed by atoms with Gasteiger partial charge < -0.3 is 0 Å². The first kappa shape index (κ1) is 11.3. The van der Waals surface area contributed by atoms with Gasteiger partial charge in [-0.05, 0) is 25.2 Å². The molecule has 0 heterocycles. The summed E-state index contributed by atoms with van der Waals surface area (Å²) in [4.78, 5) is 0. The van der Waals surface area contributed by atoms with E-state index in [0.29, 0.717) is 11.3 Å². The highest BCUT2D eigenvalue weighted by Crippen LogP contribution is 2.23. The maximum Gasteiger partial charge on any atom is 0.0336 e. The van der Waals surface area contributed by atoms with Crippen LogP contribution in [-0.2, 0) is 0 Å². The van der Waals surface area contributed by atoms with Crippen LogP contribution < -0.4 is 0 Å². The Labute approximate surface area is 76.3 Å². The van der Waals surface area contributed by atoms with Crippen LogP contribution in [0.25, 0.3) is 0 Å². The molecule has 0 fully saturated rings. The lowest BCUT2D eigenvalue weighted by atomic mass is 9.90. The summed E-state index contributed by atoms with van der Waals surface area (Å²) in [6.07, 6.45) is 3.78. The quantitative estimate of drug-likeness (QED) is 0.554. The molecule has 1 heteroatoms. The van der Waals surface area contributed by atoms with Crippen molar-refractivity contribution in [2.24, 2.45) is 11.8 Å². The van der Waals surface area contributed by atoms with Crippen LogP contribution in [0.2, 0.25) is 0 Å². The Kier molecular flexibility index (Phi) is 6.03. The lowest BCUT2D eigenvalue weighted by Gasteiger charge is -2.20. The summed E-state index contributed by atoms with van der Waals surface area (Å²) in [5.74, 6) is 1.55. The van der Waals surface area contributed by atoms with Gasteiger partial charge in [-0.25, -0.2) is 0 Å². The fourth-order valence-electron chi connectivity index (χ4n) is 1.36. The molecule has 0 aliphatic heterocycles. The van der Waals surface area contributed by atoms with E-state index >= 15 is 0 Å². The Morgan fingerprint density at radius 2 is 1.64 bits per heavy atom. The minimum absolute atomic E-state index is 0.342. The van der Waals surface area contributed by atoms with Gasteiger partial charge in [0.1, 0.15) is 0 Å². The van der Waals surface area contributed by atoms with Crippen molar-refractivity contribution in [3.63, 3.8) is 0 Å². The molecule has 3 unspecified atom stereocenters. The van der Waals surface area contributed by atoms with Gasteiger partial charge in [0.25, 0.3) is 0 Å². The van der Waals surface area contributed by atoms with Gasteiger partial charge in [0, 0.05) is 5.38 Å². The maximum absolute atomic E-state index is 6.04. The highest BCUT2D eigenvalue weighted by atomic mass is 35.5. The van der Waals surface area contributed by atoms with Gasteiger partial charge in [-0.15, -0.1) is 11.6 Å². The van der Waals surface area contributed by atoms with Gasteiger partial charge in [0.05, 0.1) is 0 Å². The SMILES string of the molecule is CCC(C)CC(CC)C(C)Cl.